The van der Waals surface area contributed by atoms with E-state index in [1.54, 1.807) is 0 Å². The van der Waals surface area contributed by atoms with Crippen molar-refractivity contribution in [2.75, 3.05) is 0 Å². The molecule has 21 heavy (non-hydrogen) atoms. The van der Waals surface area contributed by atoms with Gasteiger partial charge in [-0.25, -0.2) is 4.39 Å². The Morgan fingerprint density at radius 3 is 1.95 bits per heavy atom. The monoisotopic (exact) mass is 338 g/mol. The van der Waals surface area contributed by atoms with Gasteiger partial charge in [-0.3, -0.25) is 4.79 Å². The number of hydrogen-bond donors (Lipinski definition) is 0. The zero-order valence-electron chi connectivity index (χ0n) is 11.2. The molecule has 0 amide bonds. The number of halogens is 7. The topological polar surface area (TPSA) is 26.3 Å². The first-order chi connectivity index (χ1) is 9.15. The van der Waals surface area contributed by atoms with Crippen molar-refractivity contribution in [3.63, 3.8) is 0 Å². The van der Waals surface area contributed by atoms with Gasteiger partial charge in [0, 0.05) is 6.08 Å². The second kappa shape index (κ2) is 6.63. The van der Waals surface area contributed by atoms with Crippen LogP contribution in [0.15, 0.2) is 24.2 Å². The Kier molecular flexibility index (Phi) is 6.21. The second-order valence-electron chi connectivity index (χ2n) is 4.75. The fourth-order valence-electron chi connectivity index (χ4n) is 1.16. The molecule has 0 N–H and O–H groups in total. The van der Waals surface area contributed by atoms with E-state index in [1.165, 1.54) is 13.1 Å². The molecule has 0 heterocycles. The van der Waals surface area contributed by atoms with Gasteiger partial charge in [-0.05, 0) is 25.6 Å². The van der Waals surface area contributed by atoms with Crippen LogP contribution in [0.5, 0.6) is 0 Å². The van der Waals surface area contributed by atoms with Crippen LogP contribution in [0.1, 0.15) is 6.42 Å². The Bertz CT molecular complexity index is 435. The molecule has 0 fully saturated rings. The summed E-state index contributed by atoms with van der Waals surface area (Å²) in [4.78, 5) is 10.6. The van der Waals surface area contributed by atoms with Crippen molar-refractivity contribution in [1.29, 1.82) is 0 Å². The average molecular weight is 338 g/mol. The first-order valence-electron chi connectivity index (χ1n) is 5.57. The van der Waals surface area contributed by atoms with Crippen LogP contribution in [-0.2, 0) is 9.22 Å². The first kappa shape index (κ1) is 19.7. The van der Waals surface area contributed by atoms with Crippen LogP contribution < -0.4 is 0 Å². The van der Waals surface area contributed by atoms with E-state index in [9.17, 15) is 35.5 Å². The minimum absolute atomic E-state index is 0.129. The lowest BCUT2D eigenvalue weighted by molar-refractivity contribution is -0.166. The number of allylic oxidation sites excluding steroid dienone is 3. The van der Waals surface area contributed by atoms with Crippen LogP contribution >= 0.6 is 0 Å². The third-order valence-corrected chi connectivity index (χ3v) is 4.43. The van der Waals surface area contributed by atoms with E-state index in [0.717, 1.165) is 0 Å². The molecule has 0 saturated carbocycles. The van der Waals surface area contributed by atoms with E-state index in [4.69, 9.17) is 0 Å². The van der Waals surface area contributed by atoms with Gasteiger partial charge in [0.15, 0.2) is 5.76 Å². The van der Waals surface area contributed by atoms with E-state index in [0.29, 0.717) is 0 Å². The highest BCUT2D eigenvalue weighted by Gasteiger charge is 2.44. The fourth-order valence-corrected chi connectivity index (χ4v) is 2.90. The summed E-state index contributed by atoms with van der Waals surface area (Å²) < 4.78 is 91.0. The zero-order valence-corrected chi connectivity index (χ0v) is 12.2. The molecule has 0 aromatic carbocycles. The maximum absolute atomic E-state index is 12.6. The van der Waals surface area contributed by atoms with Gasteiger partial charge >= 0.3 is 12.4 Å². The smallest absolute Gasteiger partial charge is 0.454 e. The zero-order chi connectivity index (χ0) is 17.1. The van der Waals surface area contributed by atoms with E-state index in [1.807, 2.05) is 0 Å². The lowest BCUT2D eigenvalue weighted by Gasteiger charge is -2.26. The molecule has 0 atom stereocenters. The van der Waals surface area contributed by atoms with Gasteiger partial charge in [0.25, 0.3) is 5.78 Å². The van der Waals surface area contributed by atoms with E-state index >= 15 is 0 Å². The Hall–Kier alpha value is -1.32. The Morgan fingerprint density at radius 2 is 1.62 bits per heavy atom. The van der Waals surface area contributed by atoms with Gasteiger partial charge in [0.05, 0.1) is 5.83 Å². The largest absolute Gasteiger partial charge is 0.541 e. The quantitative estimate of drug-likeness (QED) is 0.305. The highest BCUT2D eigenvalue weighted by molar-refractivity contribution is 6.71. The van der Waals surface area contributed by atoms with Crippen molar-refractivity contribution in [2.45, 2.75) is 37.9 Å². The molecule has 0 aromatic heterocycles. The Balaban J connectivity index is 5.25. The number of alkyl halides is 6. The normalized spacial score (nSPS) is 14.0. The van der Waals surface area contributed by atoms with Crippen LogP contribution in [0.4, 0.5) is 30.7 Å². The van der Waals surface area contributed by atoms with Crippen molar-refractivity contribution < 1.29 is 40.0 Å². The predicted molar refractivity (Wildman–Crippen MR) is 63.4 cm³/mol. The molecule has 0 rings (SSSR count). The third-order valence-electron chi connectivity index (χ3n) is 2.21. The van der Waals surface area contributed by atoms with Crippen molar-refractivity contribution in [2.24, 2.45) is 0 Å². The van der Waals surface area contributed by atoms with Crippen LogP contribution in [0.2, 0.25) is 19.1 Å². The number of carbonyl (C=O) groups is 1. The highest BCUT2D eigenvalue weighted by atomic mass is 28.4. The Morgan fingerprint density at radius 1 is 1.14 bits per heavy atom. The number of ketones is 1. The molecule has 0 aliphatic carbocycles. The van der Waals surface area contributed by atoms with Gasteiger partial charge in [-0.15, -0.1) is 0 Å². The van der Waals surface area contributed by atoms with Crippen LogP contribution in [0, 0.1) is 0 Å². The second-order valence-corrected chi connectivity index (χ2v) is 8.97. The standard InChI is InChI=1S/C11H13F7O2Si/c1-7(12)4-5-21(2,3)20-9(11(16,17)18)6-8(19)10(13,14)15/h6H,1,4-5H2,2-3H3/b9-6-. The van der Waals surface area contributed by atoms with E-state index in [-0.39, 0.29) is 12.5 Å². The molecular formula is C11H13F7O2Si. The minimum Gasteiger partial charge on any atom is -0.541 e. The number of rotatable bonds is 6. The Labute approximate surface area is 117 Å². The predicted octanol–water partition coefficient (Wildman–Crippen LogP) is 4.66. The molecule has 0 aliphatic rings. The molecule has 2 nitrogen and oxygen atoms in total. The molecule has 0 unspecified atom stereocenters. The van der Waals surface area contributed by atoms with Crippen molar-refractivity contribution in [3.05, 3.63) is 24.2 Å². The maximum atomic E-state index is 12.6. The molecule has 10 heteroatoms. The summed E-state index contributed by atoms with van der Waals surface area (Å²) in [7, 11) is -3.17. The van der Waals surface area contributed by atoms with Gasteiger partial charge in [0.2, 0.25) is 8.32 Å². The van der Waals surface area contributed by atoms with E-state index in [2.05, 4.69) is 11.0 Å². The summed E-state index contributed by atoms with van der Waals surface area (Å²) in [5.74, 6) is -5.47. The molecular weight excluding hydrogens is 325 g/mol. The van der Waals surface area contributed by atoms with Gasteiger partial charge in [-0.2, -0.15) is 26.3 Å². The molecule has 0 aliphatic heterocycles. The van der Waals surface area contributed by atoms with Crippen LogP contribution in [-0.4, -0.2) is 26.5 Å². The maximum Gasteiger partial charge on any atom is 0.454 e. The molecule has 0 aromatic rings. The van der Waals surface area contributed by atoms with Crippen LogP contribution in [0.25, 0.3) is 0 Å². The number of hydrogen-bond acceptors (Lipinski definition) is 2. The SMILES string of the molecule is C=C(F)CC[Si](C)(C)O/C(=C\C(=O)C(F)(F)F)C(F)(F)F. The van der Waals surface area contributed by atoms with Gasteiger partial charge in [-0.1, -0.05) is 6.58 Å². The fraction of sp³-hybridized carbons (Fsp3) is 0.545. The summed E-state index contributed by atoms with van der Waals surface area (Å²) in [5, 5.41) is 0. The highest BCUT2D eigenvalue weighted by Crippen LogP contribution is 2.32. The lowest BCUT2D eigenvalue weighted by atomic mass is 10.3. The average Bonchev–Trinajstić information content (AvgIpc) is 2.22. The molecule has 0 bridgehead atoms. The molecule has 0 saturated heterocycles. The third kappa shape index (κ3) is 7.88. The number of carbonyl (C=O) groups excluding carboxylic acids is 1. The summed E-state index contributed by atoms with van der Waals surface area (Å²) in [6, 6.07) is -0.129. The minimum atomic E-state index is -5.43. The van der Waals surface area contributed by atoms with Crippen molar-refractivity contribution in [1.82, 2.24) is 0 Å². The van der Waals surface area contributed by atoms with Crippen LogP contribution in [0.3, 0.4) is 0 Å². The molecule has 0 spiro atoms. The van der Waals surface area contributed by atoms with Gasteiger partial charge in [0.1, 0.15) is 0 Å². The summed E-state index contributed by atoms with van der Waals surface area (Å²) in [5.41, 5.74) is 0. The summed E-state index contributed by atoms with van der Waals surface area (Å²) in [6.45, 7) is 5.44. The summed E-state index contributed by atoms with van der Waals surface area (Å²) >= 11 is 0. The summed E-state index contributed by atoms with van der Waals surface area (Å²) in [6.07, 6.45) is -11.6. The van der Waals surface area contributed by atoms with Crippen molar-refractivity contribution >= 4 is 14.1 Å². The molecule has 0 radical (unpaired) electrons. The lowest BCUT2D eigenvalue weighted by Crippen LogP contribution is -2.34. The molecule has 122 valence electrons. The van der Waals surface area contributed by atoms with Gasteiger partial charge < -0.3 is 4.43 Å². The van der Waals surface area contributed by atoms with Crippen molar-refractivity contribution in [3.8, 4) is 0 Å². The first-order valence-corrected chi connectivity index (χ1v) is 8.69. The van der Waals surface area contributed by atoms with E-state index < -0.39 is 44.1 Å².